The number of hydrogen-bond donors (Lipinski definition) is 2. The summed E-state index contributed by atoms with van der Waals surface area (Å²) in [6, 6.07) is 12.0. The van der Waals surface area contributed by atoms with Crippen LogP contribution in [0.1, 0.15) is 21.5 Å². The number of carbonyl (C=O) groups excluding carboxylic acids is 1. The third-order valence-electron chi connectivity index (χ3n) is 2.79. The number of carbonyl (C=O) groups is 1. The van der Waals surface area contributed by atoms with Gasteiger partial charge in [-0.25, -0.2) is 0 Å². The summed E-state index contributed by atoms with van der Waals surface area (Å²) in [7, 11) is 0. The molecule has 0 aliphatic heterocycles. The van der Waals surface area contributed by atoms with Gasteiger partial charge in [0.05, 0.1) is 0 Å². The first-order valence-corrected chi connectivity index (χ1v) is 6.39. The molecule has 0 saturated heterocycles. The lowest BCUT2D eigenvalue weighted by Gasteiger charge is -2.08. The van der Waals surface area contributed by atoms with Crippen LogP contribution in [0.5, 0.6) is 5.75 Å². The number of halogens is 1. The number of amides is 1. The Hall–Kier alpha value is -2.00. The molecule has 2 aromatic rings. The van der Waals surface area contributed by atoms with Crippen LogP contribution in [0.4, 0.5) is 5.69 Å². The predicted octanol–water partition coefficient (Wildman–Crippen LogP) is 3.69. The summed E-state index contributed by atoms with van der Waals surface area (Å²) in [5.41, 5.74) is 2.91. The number of anilines is 1. The molecule has 0 spiro atoms. The van der Waals surface area contributed by atoms with Crippen molar-refractivity contribution in [3.63, 3.8) is 0 Å². The average molecular weight is 276 g/mol. The Morgan fingerprint density at radius 2 is 2.05 bits per heavy atom. The molecule has 0 aromatic heterocycles. The van der Waals surface area contributed by atoms with Gasteiger partial charge in [0.2, 0.25) is 0 Å². The van der Waals surface area contributed by atoms with E-state index in [1.54, 1.807) is 19.1 Å². The lowest BCUT2D eigenvalue weighted by molar-refractivity contribution is 0.102. The van der Waals surface area contributed by atoms with Crippen LogP contribution >= 0.6 is 11.6 Å². The minimum Gasteiger partial charge on any atom is -0.508 e. The van der Waals surface area contributed by atoms with Gasteiger partial charge >= 0.3 is 0 Å². The maximum atomic E-state index is 12.1. The van der Waals surface area contributed by atoms with E-state index in [-0.39, 0.29) is 11.7 Å². The van der Waals surface area contributed by atoms with Crippen molar-refractivity contribution in [1.29, 1.82) is 0 Å². The Kier molecular flexibility index (Phi) is 4.07. The van der Waals surface area contributed by atoms with E-state index in [1.165, 1.54) is 6.07 Å². The number of aromatic hydroxyl groups is 1. The zero-order valence-corrected chi connectivity index (χ0v) is 11.2. The third kappa shape index (κ3) is 3.26. The van der Waals surface area contributed by atoms with Crippen molar-refractivity contribution in [3.05, 3.63) is 59.2 Å². The second-order valence-electron chi connectivity index (χ2n) is 4.29. The van der Waals surface area contributed by atoms with Crippen molar-refractivity contribution in [1.82, 2.24) is 0 Å². The van der Waals surface area contributed by atoms with Crippen LogP contribution in [0.15, 0.2) is 42.5 Å². The standard InChI is InChI=1S/C15H14ClNO2/c1-10-7-13(18)5-6-14(10)15(19)17-12-4-2-3-11(8-12)9-16/h2-8,18H,9H2,1H3,(H,17,19). The number of nitrogens with one attached hydrogen (secondary N) is 1. The molecule has 98 valence electrons. The Morgan fingerprint density at radius 3 is 2.74 bits per heavy atom. The molecule has 0 heterocycles. The highest BCUT2D eigenvalue weighted by molar-refractivity contribution is 6.17. The Labute approximate surface area is 116 Å². The highest BCUT2D eigenvalue weighted by Gasteiger charge is 2.09. The highest BCUT2D eigenvalue weighted by Crippen LogP contribution is 2.18. The maximum absolute atomic E-state index is 12.1. The lowest BCUT2D eigenvalue weighted by Crippen LogP contribution is -2.13. The summed E-state index contributed by atoms with van der Waals surface area (Å²) in [5, 5.41) is 12.1. The molecule has 2 aromatic carbocycles. The molecule has 0 fully saturated rings. The Balaban J connectivity index is 2.20. The van der Waals surface area contributed by atoms with Crippen LogP contribution < -0.4 is 5.32 Å². The Bertz CT molecular complexity index is 611. The molecule has 0 saturated carbocycles. The molecule has 0 aliphatic rings. The smallest absolute Gasteiger partial charge is 0.255 e. The fourth-order valence-electron chi connectivity index (χ4n) is 1.83. The van der Waals surface area contributed by atoms with E-state index in [4.69, 9.17) is 11.6 Å². The van der Waals surface area contributed by atoms with Crippen molar-refractivity contribution in [2.75, 3.05) is 5.32 Å². The van der Waals surface area contributed by atoms with Gasteiger partial charge in [0.15, 0.2) is 0 Å². The van der Waals surface area contributed by atoms with Crippen LogP contribution in [-0.2, 0) is 5.88 Å². The van der Waals surface area contributed by atoms with E-state index in [2.05, 4.69) is 5.32 Å². The molecular weight excluding hydrogens is 262 g/mol. The molecule has 0 radical (unpaired) electrons. The van der Waals surface area contributed by atoms with Crippen LogP contribution in [0.2, 0.25) is 0 Å². The zero-order chi connectivity index (χ0) is 13.8. The van der Waals surface area contributed by atoms with Gasteiger partial charge in [-0.2, -0.15) is 0 Å². The summed E-state index contributed by atoms with van der Waals surface area (Å²) in [6.45, 7) is 1.78. The topological polar surface area (TPSA) is 49.3 Å². The number of phenolic OH excluding ortho intramolecular Hbond substituents is 1. The van der Waals surface area contributed by atoms with Gasteiger partial charge in [0, 0.05) is 17.1 Å². The first kappa shape index (κ1) is 13.4. The first-order chi connectivity index (χ1) is 9.10. The number of aryl methyl sites for hydroxylation is 1. The Morgan fingerprint density at radius 1 is 1.26 bits per heavy atom. The molecule has 1 amide bonds. The molecule has 3 nitrogen and oxygen atoms in total. The van der Waals surface area contributed by atoms with E-state index in [0.29, 0.717) is 17.1 Å². The number of benzene rings is 2. The highest BCUT2D eigenvalue weighted by atomic mass is 35.5. The van der Waals surface area contributed by atoms with Gasteiger partial charge in [0.25, 0.3) is 5.91 Å². The van der Waals surface area contributed by atoms with Crippen LogP contribution in [0, 0.1) is 6.92 Å². The molecular formula is C15H14ClNO2. The molecule has 19 heavy (non-hydrogen) atoms. The summed E-state index contributed by atoms with van der Waals surface area (Å²) < 4.78 is 0. The van der Waals surface area contributed by atoms with Crippen molar-refractivity contribution < 1.29 is 9.90 Å². The molecule has 0 unspecified atom stereocenters. The molecule has 4 heteroatoms. The SMILES string of the molecule is Cc1cc(O)ccc1C(=O)Nc1cccc(CCl)c1. The van der Waals surface area contributed by atoms with Gasteiger partial charge in [-0.3, -0.25) is 4.79 Å². The minimum atomic E-state index is -0.204. The van der Waals surface area contributed by atoms with Gasteiger partial charge in [-0.1, -0.05) is 12.1 Å². The second kappa shape index (κ2) is 5.76. The van der Waals surface area contributed by atoms with Crippen LogP contribution in [0.3, 0.4) is 0 Å². The molecule has 0 bridgehead atoms. The summed E-state index contributed by atoms with van der Waals surface area (Å²) in [5.74, 6) is 0.351. The molecule has 0 atom stereocenters. The van der Waals surface area contributed by atoms with E-state index < -0.39 is 0 Å². The average Bonchev–Trinajstić information content (AvgIpc) is 2.38. The van der Waals surface area contributed by atoms with E-state index in [9.17, 15) is 9.90 Å². The van der Waals surface area contributed by atoms with E-state index >= 15 is 0 Å². The van der Waals surface area contributed by atoms with Crippen LogP contribution in [0.25, 0.3) is 0 Å². The predicted molar refractivity (Wildman–Crippen MR) is 76.8 cm³/mol. The summed E-state index contributed by atoms with van der Waals surface area (Å²) in [6.07, 6.45) is 0. The van der Waals surface area contributed by atoms with E-state index in [1.807, 2.05) is 24.3 Å². The van der Waals surface area contributed by atoms with E-state index in [0.717, 1.165) is 11.1 Å². The van der Waals surface area contributed by atoms with Gasteiger partial charge in [-0.05, 0) is 48.4 Å². The zero-order valence-electron chi connectivity index (χ0n) is 10.5. The lowest BCUT2D eigenvalue weighted by atomic mass is 10.1. The quantitative estimate of drug-likeness (QED) is 0.839. The maximum Gasteiger partial charge on any atom is 0.255 e. The van der Waals surface area contributed by atoms with Crippen molar-refractivity contribution in [3.8, 4) is 5.75 Å². The van der Waals surface area contributed by atoms with Crippen LogP contribution in [-0.4, -0.2) is 11.0 Å². The van der Waals surface area contributed by atoms with Gasteiger partial charge in [0.1, 0.15) is 5.75 Å². The monoisotopic (exact) mass is 275 g/mol. The summed E-state index contributed by atoms with van der Waals surface area (Å²) >= 11 is 5.75. The number of alkyl halides is 1. The van der Waals surface area contributed by atoms with Gasteiger partial charge < -0.3 is 10.4 Å². The number of rotatable bonds is 3. The first-order valence-electron chi connectivity index (χ1n) is 5.86. The third-order valence-corrected chi connectivity index (χ3v) is 3.10. The van der Waals surface area contributed by atoms with Gasteiger partial charge in [-0.15, -0.1) is 11.6 Å². The molecule has 2 N–H and O–H groups in total. The minimum absolute atomic E-state index is 0.151. The van der Waals surface area contributed by atoms with Crippen molar-refractivity contribution in [2.45, 2.75) is 12.8 Å². The number of hydrogen-bond acceptors (Lipinski definition) is 2. The fourth-order valence-corrected chi connectivity index (χ4v) is 2.00. The van der Waals surface area contributed by atoms with Crippen molar-refractivity contribution >= 4 is 23.2 Å². The largest absolute Gasteiger partial charge is 0.508 e. The molecule has 0 aliphatic carbocycles. The normalized spacial score (nSPS) is 10.2. The fraction of sp³-hybridized carbons (Fsp3) is 0.133. The molecule has 2 rings (SSSR count). The number of phenols is 1. The second-order valence-corrected chi connectivity index (χ2v) is 4.55. The van der Waals surface area contributed by atoms with Crippen molar-refractivity contribution in [2.24, 2.45) is 0 Å². The summed E-state index contributed by atoms with van der Waals surface area (Å²) in [4.78, 5) is 12.1.